The summed E-state index contributed by atoms with van der Waals surface area (Å²) in [7, 11) is 0. The van der Waals surface area contributed by atoms with Crippen LogP contribution in [0.5, 0.6) is 0 Å². The molecule has 94 valence electrons. The van der Waals surface area contributed by atoms with Gasteiger partial charge in [-0.3, -0.25) is 0 Å². The number of halogens is 2. The van der Waals surface area contributed by atoms with Gasteiger partial charge in [0.25, 0.3) is 0 Å². The minimum absolute atomic E-state index is 0.0921. The lowest BCUT2D eigenvalue weighted by molar-refractivity contribution is 0.627. The minimum atomic E-state index is -0.328. The van der Waals surface area contributed by atoms with Crippen molar-refractivity contribution >= 4 is 17.3 Å². The van der Waals surface area contributed by atoms with Crippen LogP contribution in [0.25, 0.3) is 0 Å². The number of benzene rings is 2. The lowest BCUT2D eigenvalue weighted by Crippen LogP contribution is -2.20. The van der Waals surface area contributed by atoms with Crippen LogP contribution in [0.1, 0.15) is 11.6 Å². The van der Waals surface area contributed by atoms with E-state index in [-0.39, 0.29) is 11.9 Å². The molecule has 0 aliphatic heterocycles. The number of nitrogens with two attached hydrogens (primary N) is 1. The fourth-order valence-corrected chi connectivity index (χ4v) is 1.93. The summed E-state index contributed by atoms with van der Waals surface area (Å²) in [5, 5.41) is 3.63. The molecule has 2 nitrogen and oxygen atoms in total. The quantitative estimate of drug-likeness (QED) is 0.886. The topological polar surface area (TPSA) is 38.0 Å². The molecule has 3 N–H and O–H groups in total. The maximum Gasteiger partial charge on any atom is 0.125 e. The molecule has 18 heavy (non-hydrogen) atoms. The molecule has 0 saturated carbocycles. The largest absolute Gasteiger partial charge is 0.376 e. The molecule has 0 aromatic heterocycles. The average Bonchev–Trinajstić information content (AvgIpc) is 2.41. The highest BCUT2D eigenvalue weighted by Crippen LogP contribution is 2.26. The zero-order valence-electron chi connectivity index (χ0n) is 9.74. The van der Waals surface area contributed by atoms with Crippen molar-refractivity contribution < 1.29 is 4.39 Å². The van der Waals surface area contributed by atoms with Crippen LogP contribution in [0.2, 0.25) is 5.02 Å². The predicted octanol–water partition coefficient (Wildman–Crippen LogP) is 3.59. The summed E-state index contributed by atoms with van der Waals surface area (Å²) >= 11 is 6.01. The maximum absolute atomic E-state index is 13.2. The Kier molecular flexibility index (Phi) is 4.18. The van der Waals surface area contributed by atoms with Crippen molar-refractivity contribution in [1.82, 2.24) is 0 Å². The monoisotopic (exact) mass is 264 g/mol. The number of anilines is 1. The van der Waals surface area contributed by atoms with Crippen LogP contribution in [0.4, 0.5) is 10.1 Å². The number of rotatable bonds is 4. The molecule has 0 aliphatic rings. The molecule has 0 spiro atoms. The van der Waals surface area contributed by atoms with Gasteiger partial charge in [-0.15, -0.1) is 0 Å². The van der Waals surface area contributed by atoms with E-state index in [2.05, 4.69) is 5.32 Å². The van der Waals surface area contributed by atoms with E-state index in [1.165, 1.54) is 18.2 Å². The van der Waals surface area contributed by atoms with Crippen molar-refractivity contribution in [3.05, 3.63) is 64.9 Å². The van der Waals surface area contributed by atoms with E-state index in [0.717, 1.165) is 5.56 Å². The molecule has 1 unspecified atom stereocenters. The van der Waals surface area contributed by atoms with E-state index in [1.54, 1.807) is 0 Å². The normalized spacial score (nSPS) is 12.2. The Balaban J connectivity index is 2.23. The second kappa shape index (κ2) is 5.85. The molecular formula is C14H14ClFN2. The van der Waals surface area contributed by atoms with Gasteiger partial charge in [0.1, 0.15) is 5.82 Å². The van der Waals surface area contributed by atoms with Crippen LogP contribution in [0.15, 0.2) is 48.5 Å². The molecule has 0 saturated heterocycles. The third-order valence-corrected chi connectivity index (χ3v) is 3.03. The number of hydrogen-bond donors (Lipinski definition) is 2. The van der Waals surface area contributed by atoms with E-state index in [1.807, 2.05) is 30.3 Å². The molecule has 2 aromatic rings. The Bertz CT molecular complexity index is 516. The maximum atomic E-state index is 13.2. The molecule has 0 heterocycles. The van der Waals surface area contributed by atoms with Crippen LogP contribution < -0.4 is 11.1 Å². The molecule has 2 aromatic carbocycles. The Morgan fingerprint density at radius 3 is 2.56 bits per heavy atom. The smallest absolute Gasteiger partial charge is 0.125 e. The fourth-order valence-electron chi connectivity index (χ4n) is 1.76. The van der Waals surface area contributed by atoms with Gasteiger partial charge in [-0.25, -0.2) is 4.39 Å². The van der Waals surface area contributed by atoms with Gasteiger partial charge in [-0.05, 0) is 23.8 Å². The Morgan fingerprint density at radius 2 is 1.89 bits per heavy atom. The standard InChI is InChI=1S/C14H14ClFN2/c15-12-7-6-11(16)8-13(12)18-14(9-17)10-4-2-1-3-5-10/h1-8,14,18H,9,17H2. The SMILES string of the molecule is NCC(Nc1cc(F)ccc1Cl)c1ccccc1. The van der Waals surface area contributed by atoms with Gasteiger partial charge >= 0.3 is 0 Å². The van der Waals surface area contributed by atoms with E-state index >= 15 is 0 Å². The second-order valence-corrected chi connectivity index (χ2v) is 4.37. The number of nitrogens with one attached hydrogen (secondary N) is 1. The van der Waals surface area contributed by atoms with Gasteiger partial charge in [0.05, 0.1) is 16.8 Å². The summed E-state index contributed by atoms with van der Waals surface area (Å²) in [5.41, 5.74) is 7.34. The summed E-state index contributed by atoms with van der Waals surface area (Å²) in [6, 6.07) is 13.9. The van der Waals surface area contributed by atoms with E-state index in [9.17, 15) is 4.39 Å². The Morgan fingerprint density at radius 1 is 1.17 bits per heavy atom. The molecule has 4 heteroatoms. The van der Waals surface area contributed by atoms with Crippen LogP contribution >= 0.6 is 11.6 Å². The highest BCUT2D eigenvalue weighted by atomic mass is 35.5. The molecular weight excluding hydrogens is 251 g/mol. The van der Waals surface area contributed by atoms with Gasteiger partial charge in [-0.2, -0.15) is 0 Å². The lowest BCUT2D eigenvalue weighted by Gasteiger charge is -2.19. The summed E-state index contributed by atoms with van der Waals surface area (Å²) in [6.45, 7) is 0.400. The molecule has 1 atom stereocenters. The van der Waals surface area contributed by atoms with Gasteiger partial charge in [0.15, 0.2) is 0 Å². The zero-order valence-corrected chi connectivity index (χ0v) is 10.5. The molecule has 0 radical (unpaired) electrons. The van der Waals surface area contributed by atoms with Crippen molar-refractivity contribution in [1.29, 1.82) is 0 Å². The fraction of sp³-hybridized carbons (Fsp3) is 0.143. The van der Waals surface area contributed by atoms with Crippen LogP contribution in [0, 0.1) is 5.82 Å². The van der Waals surface area contributed by atoms with Crippen molar-refractivity contribution in [2.45, 2.75) is 6.04 Å². The van der Waals surface area contributed by atoms with Gasteiger partial charge in [-0.1, -0.05) is 41.9 Å². The van der Waals surface area contributed by atoms with E-state index < -0.39 is 0 Å². The highest BCUT2D eigenvalue weighted by Gasteiger charge is 2.11. The molecule has 0 fully saturated rings. The highest BCUT2D eigenvalue weighted by molar-refractivity contribution is 6.33. The van der Waals surface area contributed by atoms with Crippen LogP contribution in [-0.4, -0.2) is 6.54 Å². The summed E-state index contributed by atoms with van der Waals surface area (Å²) in [4.78, 5) is 0. The van der Waals surface area contributed by atoms with Crippen LogP contribution in [0.3, 0.4) is 0 Å². The first-order valence-corrected chi connectivity index (χ1v) is 6.05. The molecule has 0 bridgehead atoms. The number of hydrogen-bond acceptors (Lipinski definition) is 2. The second-order valence-electron chi connectivity index (χ2n) is 3.97. The summed E-state index contributed by atoms with van der Waals surface area (Å²) in [5.74, 6) is -0.328. The molecule has 0 amide bonds. The van der Waals surface area contributed by atoms with Gasteiger partial charge < -0.3 is 11.1 Å². The lowest BCUT2D eigenvalue weighted by atomic mass is 10.1. The third kappa shape index (κ3) is 3.00. The van der Waals surface area contributed by atoms with Gasteiger partial charge in [0.2, 0.25) is 0 Å². The first-order valence-electron chi connectivity index (χ1n) is 5.67. The van der Waals surface area contributed by atoms with Crippen LogP contribution in [-0.2, 0) is 0 Å². The van der Waals surface area contributed by atoms with Crippen molar-refractivity contribution in [3.63, 3.8) is 0 Å². The first-order chi connectivity index (χ1) is 8.70. The predicted molar refractivity (Wildman–Crippen MR) is 73.3 cm³/mol. The zero-order chi connectivity index (χ0) is 13.0. The Labute approximate surface area is 111 Å². The first kappa shape index (κ1) is 12.9. The van der Waals surface area contributed by atoms with Crippen molar-refractivity contribution in [2.24, 2.45) is 5.73 Å². The minimum Gasteiger partial charge on any atom is -0.376 e. The Hall–Kier alpha value is -1.58. The van der Waals surface area contributed by atoms with E-state index in [4.69, 9.17) is 17.3 Å². The summed E-state index contributed by atoms with van der Waals surface area (Å²) < 4.78 is 13.2. The molecule has 0 aliphatic carbocycles. The van der Waals surface area contributed by atoms with Crippen molar-refractivity contribution in [2.75, 3.05) is 11.9 Å². The summed E-state index contributed by atoms with van der Waals surface area (Å²) in [6.07, 6.45) is 0. The molecule has 2 rings (SSSR count). The third-order valence-electron chi connectivity index (χ3n) is 2.70. The van der Waals surface area contributed by atoms with Crippen molar-refractivity contribution in [3.8, 4) is 0 Å². The van der Waals surface area contributed by atoms with Gasteiger partial charge in [0, 0.05) is 6.54 Å². The average molecular weight is 265 g/mol. The van der Waals surface area contributed by atoms with E-state index in [0.29, 0.717) is 17.3 Å².